The lowest BCUT2D eigenvalue weighted by atomic mass is 10.1. The number of aromatic nitrogens is 3. The van der Waals surface area contributed by atoms with Crippen molar-refractivity contribution >= 4 is 17.5 Å². The van der Waals surface area contributed by atoms with Crippen LogP contribution in [0.2, 0.25) is 0 Å². The molecule has 0 saturated heterocycles. The first-order chi connectivity index (χ1) is 14.6. The summed E-state index contributed by atoms with van der Waals surface area (Å²) in [4.78, 5) is 40.0. The number of nitrogens with one attached hydrogen (secondary N) is 1. The molecule has 1 N–H and O–H groups in total. The molecule has 30 heavy (non-hydrogen) atoms. The van der Waals surface area contributed by atoms with Crippen molar-refractivity contribution < 1.29 is 14.3 Å². The fourth-order valence-electron chi connectivity index (χ4n) is 3.33. The highest BCUT2D eigenvalue weighted by molar-refractivity contribution is 6.00. The Kier molecular flexibility index (Phi) is 5.65. The molecule has 0 aliphatic carbocycles. The van der Waals surface area contributed by atoms with Crippen LogP contribution in [0, 0.1) is 0 Å². The first-order valence-electron chi connectivity index (χ1n) is 9.63. The molecule has 3 aromatic rings. The van der Waals surface area contributed by atoms with Crippen molar-refractivity contribution in [3.63, 3.8) is 0 Å². The highest BCUT2D eigenvalue weighted by Crippen LogP contribution is 2.21. The van der Waals surface area contributed by atoms with E-state index in [9.17, 15) is 9.59 Å². The number of amides is 2. The number of fused-ring (bicyclic) bond motifs is 1. The Labute approximate surface area is 173 Å². The summed E-state index contributed by atoms with van der Waals surface area (Å²) in [7, 11) is 1.58. The number of methoxy groups -OCH3 is 1. The first kappa shape index (κ1) is 19.5. The van der Waals surface area contributed by atoms with Crippen LogP contribution in [0.4, 0.5) is 5.69 Å². The van der Waals surface area contributed by atoms with Crippen molar-refractivity contribution in [3.05, 3.63) is 66.2 Å². The summed E-state index contributed by atoms with van der Waals surface area (Å²) in [6, 6.07) is 10.7. The van der Waals surface area contributed by atoms with E-state index < -0.39 is 0 Å². The Hall–Kier alpha value is -3.81. The van der Waals surface area contributed by atoms with Crippen molar-refractivity contribution in [2.45, 2.75) is 12.8 Å². The van der Waals surface area contributed by atoms with E-state index >= 15 is 0 Å². The molecule has 0 radical (unpaired) electrons. The van der Waals surface area contributed by atoms with E-state index in [1.54, 1.807) is 54.9 Å². The lowest BCUT2D eigenvalue weighted by Crippen LogP contribution is -2.38. The summed E-state index contributed by atoms with van der Waals surface area (Å²) in [6.45, 7) is 0.451. The highest BCUT2D eigenvalue weighted by Gasteiger charge is 2.26. The van der Waals surface area contributed by atoms with Crippen LogP contribution in [0.15, 0.2) is 55.0 Å². The zero-order chi connectivity index (χ0) is 20.9. The van der Waals surface area contributed by atoms with Crippen molar-refractivity contribution in [2.24, 2.45) is 0 Å². The minimum atomic E-state index is -0.258. The third kappa shape index (κ3) is 4.27. The number of anilines is 1. The summed E-state index contributed by atoms with van der Waals surface area (Å²) < 4.78 is 5.11. The summed E-state index contributed by atoms with van der Waals surface area (Å²) in [5.41, 5.74) is 2.65. The smallest absolute Gasteiger partial charge is 0.257 e. The third-order valence-electron chi connectivity index (χ3n) is 4.87. The van der Waals surface area contributed by atoms with Crippen LogP contribution in [-0.4, -0.2) is 51.9 Å². The van der Waals surface area contributed by atoms with E-state index in [4.69, 9.17) is 4.74 Å². The van der Waals surface area contributed by atoms with E-state index in [0.29, 0.717) is 41.5 Å². The van der Waals surface area contributed by atoms with E-state index in [0.717, 1.165) is 12.0 Å². The van der Waals surface area contributed by atoms with E-state index in [1.165, 1.54) is 0 Å². The van der Waals surface area contributed by atoms with Gasteiger partial charge in [0.05, 0.1) is 18.4 Å². The van der Waals surface area contributed by atoms with Gasteiger partial charge in [0.25, 0.3) is 5.91 Å². The molecule has 0 unspecified atom stereocenters. The summed E-state index contributed by atoms with van der Waals surface area (Å²) in [6.07, 6.45) is 6.29. The number of benzene rings is 1. The Morgan fingerprint density at radius 3 is 2.67 bits per heavy atom. The molecule has 1 aliphatic heterocycles. The van der Waals surface area contributed by atoms with Crippen LogP contribution in [0.1, 0.15) is 22.5 Å². The lowest BCUT2D eigenvalue weighted by molar-refractivity contribution is -0.116. The minimum absolute atomic E-state index is 0.0313. The fraction of sp³-hybridized carbons (Fsp3) is 0.227. The number of aryl methyl sites for hydroxylation is 1. The molecule has 3 heterocycles. The molecule has 0 saturated carbocycles. The fourth-order valence-corrected chi connectivity index (χ4v) is 3.33. The van der Waals surface area contributed by atoms with Gasteiger partial charge in [-0.1, -0.05) is 0 Å². The highest BCUT2D eigenvalue weighted by atomic mass is 16.5. The maximum absolute atomic E-state index is 13.0. The molecule has 8 nitrogen and oxygen atoms in total. The molecule has 0 atom stereocenters. The summed E-state index contributed by atoms with van der Waals surface area (Å²) in [5, 5.41) is 2.81. The van der Waals surface area contributed by atoms with Crippen molar-refractivity contribution in [2.75, 3.05) is 25.5 Å². The van der Waals surface area contributed by atoms with Gasteiger partial charge in [-0.25, -0.2) is 9.97 Å². The SMILES string of the molecule is COc1ccc(NC(=O)CN2CCCc3nc(-c4ccncc4)ncc3C2=O)cc1. The Bertz CT molecular complexity index is 1050. The zero-order valence-electron chi connectivity index (χ0n) is 16.5. The maximum atomic E-state index is 13.0. The molecule has 0 fully saturated rings. The van der Waals surface area contributed by atoms with Gasteiger partial charge in [-0.3, -0.25) is 14.6 Å². The van der Waals surface area contributed by atoms with Gasteiger partial charge in [0.1, 0.15) is 12.3 Å². The molecule has 1 aliphatic rings. The average Bonchev–Trinajstić information content (AvgIpc) is 2.93. The number of pyridine rings is 1. The van der Waals surface area contributed by atoms with Crippen LogP contribution in [-0.2, 0) is 11.2 Å². The largest absolute Gasteiger partial charge is 0.497 e. The van der Waals surface area contributed by atoms with Gasteiger partial charge in [0.2, 0.25) is 5.91 Å². The van der Waals surface area contributed by atoms with E-state index in [-0.39, 0.29) is 18.4 Å². The monoisotopic (exact) mass is 403 g/mol. The van der Waals surface area contributed by atoms with Crippen LogP contribution >= 0.6 is 0 Å². The number of carbonyl (C=O) groups is 2. The quantitative estimate of drug-likeness (QED) is 0.703. The number of hydrogen-bond acceptors (Lipinski definition) is 6. The van der Waals surface area contributed by atoms with Gasteiger partial charge in [-0.15, -0.1) is 0 Å². The number of ether oxygens (including phenoxy) is 1. The van der Waals surface area contributed by atoms with Gasteiger partial charge in [0, 0.05) is 36.4 Å². The molecule has 8 heteroatoms. The molecule has 2 aromatic heterocycles. The molecular weight excluding hydrogens is 382 g/mol. The molecular formula is C22H21N5O3. The van der Waals surface area contributed by atoms with Crippen molar-refractivity contribution in [3.8, 4) is 17.1 Å². The van der Waals surface area contributed by atoms with E-state index in [2.05, 4.69) is 20.3 Å². The van der Waals surface area contributed by atoms with Gasteiger partial charge < -0.3 is 15.0 Å². The molecule has 2 amide bonds. The third-order valence-corrected chi connectivity index (χ3v) is 4.87. The predicted molar refractivity (Wildman–Crippen MR) is 111 cm³/mol. The average molecular weight is 403 g/mol. The second-order valence-electron chi connectivity index (χ2n) is 6.90. The summed E-state index contributed by atoms with van der Waals surface area (Å²) in [5.74, 6) is 0.785. The molecule has 152 valence electrons. The maximum Gasteiger partial charge on any atom is 0.257 e. The van der Waals surface area contributed by atoms with Crippen LogP contribution in [0.5, 0.6) is 5.75 Å². The molecule has 0 spiro atoms. The van der Waals surface area contributed by atoms with Gasteiger partial charge in [-0.05, 0) is 49.2 Å². The number of rotatable bonds is 5. The Balaban J connectivity index is 1.47. The standard InChI is InChI=1S/C22H21N5O3/c1-30-17-6-4-16(5-7-17)25-20(28)14-27-12-2-3-19-18(22(27)29)13-24-21(26-19)15-8-10-23-11-9-15/h4-11,13H,2-3,12,14H2,1H3,(H,25,28). The minimum Gasteiger partial charge on any atom is -0.497 e. The topological polar surface area (TPSA) is 97.3 Å². The second kappa shape index (κ2) is 8.69. The van der Waals surface area contributed by atoms with Crippen molar-refractivity contribution in [1.29, 1.82) is 0 Å². The van der Waals surface area contributed by atoms with Crippen LogP contribution in [0.25, 0.3) is 11.4 Å². The number of carbonyl (C=O) groups excluding carboxylic acids is 2. The Morgan fingerprint density at radius 2 is 1.93 bits per heavy atom. The number of nitrogens with zero attached hydrogens (tertiary/aromatic N) is 4. The summed E-state index contributed by atoms with van der Waals surface area (Å²) >= 11 is 0. The normalized spacial score (nSPS) is 13.4. The Morgan fingerprint density at radius 1 is 1.17 bits per heavy atom. The van der Waals surface area contributed by atoms with Gasteiger partial charge >= 0.3 is 0 Å². The van der Waals surface area contributed by atoms with Crippen LogP contribution < -0.4 is 10.1 Å². The van der Waals surface area contributed by atoms with E-state index in [1.807, 2.05) is 12.1 Å². The number of hydrogen-bond donors (Lipinski definition) is 1. The molecule has 0 bridgehead atoms. The first-order valence-corrected chi connectivity index (χ1v) is 9.63. The van der Waals surface area contributed by atoms with Crippen molar-refractivity contribution in [1.82, 2.24) is 19.9 Å². The predicted octanol–water partition coefficient (Wildman–Crippen LogP) is 2.57. The van der Waals surface area contributed by atoms with Gasteiger partial charge in [0.15, 0.2) is 5.82 Å². The zero-order valence-corrected chi connectivity index (χ0v) is 16.5. The van der Waals surface area contributed by atoms with Crippen LogP contribution in [0.3, 0.4) is 0 Å². The second-order valence-corrected chi connectivity index (χ2v) is 6.90. The lowest BCUT2D eigenvalue weighted by Gasteiger charge is -2.20. The van der Waals surface area contributed by atoms with Gasteiger partial charge in [-0.2, -0.15) is 0 Å². The molecule has 4 rings (SSSR count). The molecule has 1 aromatic carbocycles.